The summed E-state index contributed by atoms with van der Waals surface area (Å²) in [5.41, 5.74) is 2.75. The van der Waals surface area contributed by atoms with Crippen molar-refractivity contribution in [3.05, 3.63) is 28.8 Å². The third kappa shape index (κ3) is 5.72. The van der Waals surface area contributed by atoms with Gasteiger partial charge in [0.15, 0.2) is 9.84 Å². The summed E-state index contributed by atoms with van der Waals surface area (Å²) in [7, 11) is -6.01. The van der Waals surface area contributed by atoms with Crippen molar-refractivity contribution in [3.63, 3.8) is 0 Å². The summed E-state index contributed by atoms with van der Waals surface area (Å²) in [6.45, 7) is 12.5. The molecule has 1 fully saturated rings. The maximum absolute atomic E-state index is 13.8. The first-order valence-corrected chi connectivity index (χ1v) is 14.5. The van der Waals surface area contributed by atoms with E-state index in [1.54, 1.807) is 0 Å². The zero-order chi connectivity index (χ0) is 24.4. The van der Waals surface area contributed by atoms with Crippen LogP contribution < -0.4 is 5.32 Å². The lowest BCUT2D eigenvalue weighted by Gasteiger charge is -2.33. The van der Waals surface area contributed by atoms with Gasteiger partial charge in [-0.25, -0.2) is 16.8 Å². The van der Waals surface area contributed by atoms with Crippen molar-refractivity contribution in [3.8, 4) is 0 Å². The van der Waals surface area contributed by atoms with E-state index in [1.807, 2.05) is 39.8 Å². The molecule has 32 heavy (non-hydrogen) atoms. The molecule has 182 valence electrons. The minimum Gasteiger partial charge on any atom is -0.358 e. The summed E-state index contributed by atoms with van der Waals surface area (Å²) in [5, 5.41) is 1.63. The third-order valence-electron chi connectivity index (χ3n) is 6.20. The first-order chi connectivity index (χ1) is 14.7. The maximum Gasteiger partial charge on any atom is 0.243 e. The number of hydrogen-bond acceptors (Lipinski definition) is 5. The highest BCUT2D eigenvalue weighted by atomic mass is 32.2. The fourth-order valence-corrected chi connectivity index (χ4v) is 7.93. The molecule has 0 radical (unpaired) electrons. The van der Waals surface area contributed by atoms with Gasteiger partial charge in [-0.2, -0.15) is 4.31 Å². The van der Waals surface area contributed by atoms with Crippen molar-refractivity contribution in [1.29, 1.82) is 0 Å². The van der Waals surface area contributed by atoms with Gasteiger partial charge in [0.25, 0.3) is 0 Å². The number of carbonyl (C=O) groups is 1. The van der Waals surface area contributed by atoms with Crippen molar-refractivity contribution < 1.29 is 21.6 Å². The Hall–Kier alpha value is -1.45. The molecule has 1 saturated heterocycles. The highest BCUT2D eigenvalue weighted by Gasteiger charge is 2.38. The van der Waals surface area contributed by atoms with Crippen molar-refractivity contribution in [1.82, 2.24) is 9.62 Å². The van der Waals surface area contributed by atoms with Crippen LogP contribution in [0, 0.1) is 0 Å². The van der Waals surface area contributed by atoms with Gasteiger partial charge in [0.2, 0.25) is 15.9 Å². The van der Waals surface area contributed by atoms with Gasteiger partial charge in [-0.1, -0.05) is 53.7 Å². The molecular weight excluding hydrogens is 448 g/mol. The molecule has 0 unspecified atom stereocenters. The lowest BCUT2D eigenvalue weighted by atomic mass is 9.89. The Morgan fingerprint density at radius 1 is 0.938 bits per heavy atom. The van der Waals surface area contributed by atoms with E-state index in [0.717, 1.165) is 16.7 Å². The van der Waals surface area contributed by atoms with Crippen molar-refractivity contribution in [2.24, 2.45) is 0 Å². The summed E-state index contributed by atoms with van der Waals surface area (Å²) >= 11 is 0. The number of sulfonamides is 1. The van der Waals surface area contributed by atoms with Crippen LogP contribution in [0.2, 0.25) is 0 Å². The average molecular weight is 487 g/mol. The second-order valence-electron chi connectivity index (χ2n) is 9.58. The van der Waals surface area contributed by atoms with Gasteiger partial charge >= 0.3 is 0 Å². The number of rotatable bonds is 8. The molecule has 0 aromatic heterocycles. The lowest BCUT2D eigenvalue weighted by Crippen LogP contribution is -2.44. The Morgan fingerprint density at radius 2 is 1.41 bits per heavy atom. The van der Waals surface area contributed by atoms with Crippen LogP contribution in [0.15, 0.2) is 17.0 Å². The van der Waals surface area contributed by atoms with Crippen molar-refractivity contribution in [2.75, 3.05) is 25.9 Å². The molecular formula is C23H38N2O5S2. The SMILES string of the molecule is CNC(=O)CS(=O)(=O)C1CCN(S(=O)(=O)c2c(C(C)C)cc(C(C)C)cc2C(C)C)CC1. The molecule has 1 aliphatic rings. The van der Waals surface area contributed by atoms with Gasteiger partial charge in [-0.15, -0.1) is 0 Å². The third-order valence-corrected chi connectivity index (χ3v) is 10.4. The zero-order valence-corrected chi connectivity index (χ0v) is 21.9. The highest BCUT2D eigenvalue weighted by Crippen LogP contribution is 2.37. The van der Waals surface area contributed by atoms with Gasteiger partial charge in [-0.3, -0.25) is 4.79 Å². The van der Waals surface area contributed by atoms with E-state index in [2.05, 4.69) is 19.2 Å². The topological polar surface area (TPSA) is 101 Å². The Labute approximate surface area is 193 Å². The van der Waals surface area contributed by atoms with Crippen LogP contribution in [-0.4, -0.2) is 58.2 Å². The normalized spacial score (nSPS) is 16.8. The number of amides is 1. The number of nitrogens with zero attached hydrogens (tertiary/aromatic N) is 1. The summed E-state index contributed by atoms with van der Waals surface area (Å²) < 4.78 is 54.1. The number of hydrogen-bond donors (Lipinski definition) is 1. The Morgan fingerprint density at radius 3 is 1.78 bits per heavy atom. The second-order valence-corrected chi connectivity index (χ2v) is 13.7. The maximum atomic E-state index is 13.8. The Kier molecular flexibility index (Phi) is 8.56. The van der Waals surface area contributed by atoms with Gasteiger partial charge in [0.05, 0.1) is 10.1 Å². The first-order valence-electron chi connectivity index (χ1n) is 11.3. The highest BCUT2D eigenvalue weighted by molar-refractivity contribution is 7.92. The predicted octanol–water partition coefficient (Wildman–Crippen LogP) is 3.37. The Bertz CT molecular complexity index is 1010. The van der Waals surface area contributed by atoms with E-state index < -0.39 is 36.8 Å². The number of piperidine rings is 1. The molecule has 0 atom stereocenters. The van der Waals surface area contributed by atoms with Crippen molar-refractivity contribution in [2.45, 2.75) is 82.3 Å². The second kappa shape index (κ2) is 10.2. The van der Waals surface area contributed by atoms with Crippen LogP contribution in [0.1, 0.15) is 88.8 Å². The fourth-order valence-electron chi connectivity index (χ4n) is 4.12. The predicted molar refractivity (Wildman–Crippen MR) is 128 cm³/mol. The minimum atomic E-state index is -3.79. The molecule has 1 N–H and O–H groups in total. The molecule has 1 aliphatic heterocycles. The molecule has 0 saturated carbocycles. The molecule has 1 aromatic carbocycles. The number of benzene rings is 1. The standard InChI is InChI=1S/C23H38N2O5S2/c1-15(2)18-12-20(16(3)4)23(21(13-18)17(5)6)32(29,30)25-10-8-19(9-11-25)31(27,28)14-22(26)24-7/h12-13,15-17,19H,8-11,14H2,1-7H3,(H,24,26). The van der Waals surface area contributed by atoms with Gasteiger partial charge < -0.3 is 5.32 Å². The van der Waals surface area contributed by atoms with Crippen LogP contribution in [0.4, 0.5) is 0 Å². The van der Waals surface area contributed by atoms with E-state index in [-0.39, 0.29) is 43.7 Å². The van der Waals surface area contributed by atoms with E-state index in [4.69, 9.17) is 0 Å². The molecule has 9 heteroatoms. The summed E-state index contributed by atoms with van der Waals surface area (Å²) in [4.78, 5) is 11.9. The van der Waals surface area contributed by atoms with E-state index in [0.29, 0.717) is 4.90 Å². The van der Waals surface area contributed by atoms with Crippen LogP contribution in [0.5, 0.6) is 0 Å². The van der Waals surface area contributed by atoms with E-state index in [9.17, 15) is 21.6 Å². The molecule has 2 rings (SSSR count). The molecule has 7 nitrogen and oxygen atoms in total. The van der Waals surface area contributed by atoms with Crippen LogP contribution in [-0.2, 0) is 24.7 Å². The summed E-state index contributed by atoms with van der Waals surface area (Å²) in [6.07, 6.45) is 0.382. The van der Waals surface area contributed by atoms with Crippen LogP contribution >= 0.6 is 0 Å². The molecule has 0 spiro atoms. The minimum absolute atomic E-state index is 0.0291. The van der Waals surface area contributed by atoms with Crippen molar-refractivity contribution >= 4 is 25.8 Å². The van der Waals surface area contributed by atoms with Gasteiger partial charge in [0, 0.05) is 20.1 Å². The first kappa shape index (κ1) is 26.8. The zero-order valence-electron chi connectivity index (χ0n) is 20.3. The number of nitrogens with one attached hydrogen (secondary N) is 1. The smallest absolute Gasteiger partial charge is 0.243 e. The van der Waals surface area contributed by atoms with Crippen LogP contribution in [0.25, 0.3) is 0 Å². The number of sulfone groups is 1. The Balaban J connectivity index is 2.42. The van der Waals surface area contributed by atoms with Gasteiger partial charge in [0.1, 0.15) is 5.75 Å². The molecule has 1 heterocycles. The monoisotopic (exact) mass is 486 g/mol. The van der Waals surface area contributed by atoms with E-state index >= 15 is 0 Å². The fraction of sp³-hybridized carbons (Fsp3) is 0.696. The summed E-state index contributed by atoms with van der Waals surface area (Å²) in [5.74, 6) is -0.772. The lowest BCUT2D eigenvalue weighted by molar-refractivity contribution is -0.118. The summed E-state index contributed by atoms with van der Waals surface area (Å²) in [6, 6.07) is 4.02. The quantitative estimate of drug-likeness (QED) is 0.607. The van der Waals surface area contributed by atoms with Gasteiger partial charge in [-0.05, 0) is 47.3 Å². The number of carbonyl (C=O) groups excluding carboxylic acids is 1. The van der Waals surface area contributed by atoms with Crippen LogP contribution in [0.3, 0.4) is 0 Å². The molecule has 1 aromatic rings. The molecule has 1 amide bonds. The average Bonchev–Trinajstić information content (AvgIpc) is 2.72. The molecule has 0 aliphatic carbocycles. The molecule has 0 bridgehead atoms. The largest absolute Gasteiger partial charge is 0.358 e. The van der Waals surface area contributed by atoms with E-state index in [1.165, 1.54) is 11.4 Å².